The summed E-state index contributed by atoms with van der Waals surface area (Å²) in [4.78, 5) is 0. The lowest BCUT2D eigenvalue weighted by molar-refractivity contribution is 0.559. The highest BCUT2D eigenvalue weighted by molar-refractivity contribution is 7.91. The summed E-state index contributed by atoms with van der Waals surface area (Å²) in [5, 5.41) is 0. The first-order valence-corrected chi connectivity index (χ1v) is 8.60. The zero-order valence-electron chi connectivity index (χ0n) is 12.3. The Balaban J connectivity index is 2.81. The third-order valence-electron chi connectivity index (χ3n) is 3.34. The molecule has 0 fully saturated rings. The number of hydrogen-bond donors (Lipinski definition) is 1. The number of hydrogen-bond acceptors (Lipinski definition) is 3. The van der Waals surface area contributed by atoms with Crippen LogP contribution in [0, 0.1) is 19.8 Å². The minimum absolute atomic E-state index is 0.0280. The molecule has 0 spiro atoms. The van der Waals surface area contributed by atoms with Crippen molar-refractivity contribution in [3.05, 3.63) is 34.9 Å². The fourth-order valence-electron chi connectivity index (χ4n) is 2.21. The summed E-state index contributed by atoms with van der Waals surface area (Å²) in [5.74, 6) is 0.443. The zero-order valence-corrected chi connectivity index (χ0v) is 13.1. The Kier molecular flexibility index (Phi) is 5.56. The highest BCUT2D eigenvalue weighted by Gasteiger charge is 2.20. The first kappa shape index (κ1) is 16.2. The Morgan fingerprint density at radius 2 is 1.63 bits per heavy atom. The van der Waals surface area contributed by atoms with Gasteiger partial charge in [0.25, 0.3) is 0 Å². The smallest absolute Gasteiger partial charge is 0.152 e. The molecule has 0 radical (unpaired) electrons. The van der Waals surface area contributed by atoms with E-state index in [1.165, 1.54) is 0 Å². The second-order valence-electron chi connectivity index (χ2n) is 5.62. The molecule has 2 atom stereocenters. The molecule has 0 aliphatic carbocycles. The molecule has 0 aromatic heterocycles. The lowest BCUT2D eigenvalue weighted by Crippen LogP contribution is -2.25. The molecular formula is C15H25NO2S. The van der Waals surface area contributed by atoms with Crippen molar-refractivity contribution in [2.75, 3.05) is 11.5 Å². The average molecular weight is 283 g/mol. The van der Waals surface area contributed by atoms with Crippen LogP contribution in [0.1, 0.15) is 43.0 Å². The van der Waals surface area contributed by atoms with E-state index in [1.54, 1.807) is 0 Å². The molecule has 108 valence electrons. The van der Waals surface area contributed by atoms with Gasteiger partial charge in [-0.3, -0.25) is 0 Å². The van der Waals surface area contributed by atoms with E-state index < -0.39 is 15.9 Å². The summed E-state index contributed by atoms with van der Waals surface area (Å²) in [6.07, 6.45) is 0.873. The first-order chi connectivity index (χ1) is 8.73. The van der Waals surface area contributed by atoms with Crippen LogP contribution >= 0.6 is 0 Å². The van der Waals surface area contributed by atoms with Crippen LogP contribution in [-0.4, -0.2) is 19.9 Å². The van der Waals surface area contributed by atoms with Crippen LogP contribution < -0.4 is 5.73 Å². The van der Waals surface area contributed by atoms with Crippen LogP contribution in [0.5, 0.6) is 0 Å². The molecular weight excluding hydrogens is 258 g/mol. The lowest BCUT2D eigenvalue weighted by atomic mass is 10.0. The van der Waals surface area contributed by atoms with Crippen molar-refractivity contribution < 1.29 is 8.42 Å². The van der Waals surface area contributed by atoms with E-state index in [4.69, 9.17) is 5.73 Å². The highest BCUT2D eigenvalue weighted by atomic mass is 32.2. The van der Waals surface area contributed by atoms with Gasteiger partial charge in [0.2, 0.25) is 0 Å². The van der Waals surface area contributed by atoms with E-state index in [0.717, 1.165) is 23.1 Å². The molecule has 3 nitrogen and oxygen atoms in total. The Bertz CT molecular complexity index is 503. The molecule has 1 rings (SSSR count). The SMILES string of the molecule is CCC(C)CS(=O)(=O)CC(N)c1cc(C)cc(C)c1. The van der Waals surface area contributed by atoms with Gasteiger partial charge in [0.1, 0.15) is 0 Å². The third kappa shape index (κ3) is 5.33. The van der Waals surface area contributed by atoms with Crippen LogP contribution in [0.25, 0.3) is 0 Å². The fourth-order valence-corrected chi connectivity index (χ4v) is 4.19. The summed E-state index contributed by atoms with van der Waals surface area (Å²) in [7, 11) is -3.09. The second-order valence-corrected chi connectivity index (χ2v) is 7.77. The van der Waals surface area contributed by atoms with E-state index >= 15 is 0 Å². The Labute approximate surface area is 117 Å². The largest absolute Gasteiger partial charge is 0.323 e. The number of benzene rings is 1. The molecule has 1 aromatic carbocycles. The van der Waals surface area contributed by atoms with Crippen molar-refractivity contribution in [3.63, 3.8) is 0 Å². The van der Waals surface area contributed by atoms with Crippen molar-refractivity contribution in [2.24, 2.45) is 11.7 Å². The molecule has 4 heteroatoms. The van der Waals surface area contributed by atoms with E-state index in [9.17, 15) is 8.42 Å². The van der Waals surface area contributed by atoms with Crippen molar-refractivity contribution in [2.45, 2.75) is 40.2 Å². The van der Waals surface area contributed by atoms with Gasteiger partial charge >= 0.3 is 0 Å². The third-order valence-corrected chi connectivity index (χ3v) is 5.28. The van der Waals surface area contributed by atoms with Crippen LogP contribution in [0.15, 0.2) is 18.2 Å². The van der Waals surface area contributed by atoms with Gasteiger partial charge in [0.05, 0.1) is 11.5 Å². The highest BCUT2D eigenvalue weighted by Crippen LogP contribution is 2.18. The fraction of sp³-hybridized carbons (Fsp3) is 0.600. The molecule has 19 heavy (non-hydrogen) atoms. The molecule has 1 aromatic rings. The van der Waals surface area contributed by atoms with Gasteiger partial charge in [-0.05, 0) is 25.3 Å². The molecule has 0 aliphatic heterocycles. The van der Waals surface area contributed by atoms with Gasteiger partial charge in [-0.2, -0.15) is 0 Å². The molecule has 2 N–H and O–H groups in total. The van der Waals surface area contributed by atoms with Gasteiger partial charge in [0, 0.05) is 6.04 Å². The first-order valence-electron chi connectivity index (χ1n) is 6.77. The summed E-state index contributed by atoms with van der Waals surface area (Å²) < 4.78 is 24.1. The van der Waals surface area contributed by atoms with E-state index in [2.05, 4.69) is 6.07 Å². The maximum absolute atomic E-state index is 12.1. The standard InChI is InChI=1S/C15H25NO2S/c1-5-11(2)9-19(17,18)10-15(16)14-7-12(3)6-13(4)8-14/h6-8,11,15H,5,9-10,16H2,1-4H3. The predicted octanol–water partition coefficient (Wildman–Crippen LogP) is 2.76. The van der Waals surface area contributed by atoms with Crippen molar-refractivity contribution in [1.82, 2.24) is 0 Å². The van der Waals surface area contributed by atoms with E-state index in [-0.39, 0.29) is 17.4 Å². The molecule has 0 saturated carbocycles. The van der Waals surface area contributed by atoms with E-state index in [0.29, 0.717) is 0 Å². The summed E-state index contributed by atoms with van der Waals surface area (Å²) >= 11 is 0. The Morgan fingerprint density at radius 3 is 2.11 bits per heavy atom. The van der Waals surface area contributed by atoms with Gasteiger partial charge in [-0.15, -0.1) is 0 Å². The predicted molar refractivity (Wildman–Crippen MR) is 81.0 cm³/mol. The molecule has 0 amide bonds. The Morgan fingerprint density at radius 1 is 1.11 bits per heavy atom. The number of rotatable bonds is 6. The van der Waals surface area contributed by atoms with Crippen molar-refractivity contribution >= 4 is 9.84 Å². The molecule has 0 bridgehead atoms. The minimum atomic E-state index is -3.09. The van der Waals surface area contributed by atoms with Crippen LogP contribution in [-0.2, 0) is 9.84 Å². The molecule has 0 aliphatic rings. The quantitative estimate of drug-likeness (QED) is 0.873. The maximum Gasteiger partial charge on any atom is 0.152 e. The monoisotopic (exact) mass is 283 g/mol. The molecule has 0 heterocycles. The number of sulfone groups is 1. The molecule has 2 unspecified atom stereocenters. The number of nitrogens with two attached hydrogens (primary N) is 1. The zero-order chi connectivity index (χ0) is 14.6. The summed E-state index contributed by atoms with van der Waals surface area (Å²) in [6.45, 7) is 7.96. The normalized spacial score (nSPS) is 15.2. The molecule has 0 saturated heterocycles. The van der Waals surface area contributed by atoms with Crippen molar-refractivity contribution in [1.29, 1.82) is 0 Å². The van der Waals surface area contributed by atoms with Crippen molar-refractivity contribution in [3.8, 4) is 0 Å². The van der Waals surface area contributed by atoms with Gasteiger partial charge in [-0.25, -0.2) is 8.42 Å². The van der Waals surface area contributed by atoms with E-state index in [1.807, 2.05) is 39.8 Å². The minimum Gasteiger partial charge on any atom is -0.323 e. The second kappa shape index (κ2) is 6.53. The van der Waals surface area contributed by atoms with Crippen LogP contribution in [0.4, 0.5) is 0 Å². The average Bonchev–Trinajstić information content (AvgIpc) is 2.26. The van der Waals surface area contributed by atoms with Gasteiger partial charge in [0.15, 0.2) is 9.84 Å². The summed E-state index contributed by atoms with van der Waals surface area (Å²) in [6, 6.07) is 5.56. The Hall–Kier alpha value is -0.870. The van der Waals surface area contributed by atoms with Crippen LogP contribution in [0.2, 0.25) is 0 Å². The van der Waals surface area contributed by atoms with Gasteiger partial charge in [-0.1, -0.05) is 49.6 Å². The topological polar surface area (TPSA) is 60.2 Å². The van der Waals surface area contributed by atoms with Crippen LogP contribution in [0.3, 0.4) is 0 Å². The van der Waals surface area contributed by atoms with Gasteiger partial charge < -0.3 is 5.73 Å². The maximum atomic E-state index is 12.1. The number of aryl methyl sites for hydroxylation is 2. The summed E-state index contributed by atoms with van der Waals surface area (Å²) in [5.41, 5.74) is 9.20. The lowest BCUT2D eigenvalue weighted by Gasteiger charge is -2.16.